The van der Waals surface area contributed by atoms with Crippen LogP contribution >= 0.6 is 12.4 Å². The van der Waals surface area contributed by atoms with E-state index in [4.69, 9.17) is 0 Å². The van der Waals surface area contributed by atoms with Gasteiger partial charge in [-0.25, -0.2) is 4.98 Å². The van der Waals surface area contributed by atoms with Crippen LogP contribution < -0.4 is 4.90 Å². The van der Waals surface area contributed by atoms with Gasteiger partial charge in [-0.05, 0) is 30.2 Å². The number of hydrogen-bond acceptors (Lipinski definition) is 3. The normalized spacial score (nSPS) is 15.6. The van der Waals surface area contributed by atoms with Crippen LogP contribution in [0.25, 0.3) is 10.9 Å². The summed E-state index contributed by atoms with van der Waals surface area (Å²) >= 11 is 0. The molecule has 0 unspecified atom stereocenters. The number of pyridine rings is 1. The average Bonchev–Trinajstić information content (AvgIpc) is 3.09. The Labute approximate surface area is 167 Å². The summed E-state index contributed by atoms with van der Waals surface area (Å²) < 4.78 is 39.6. The van der Waals surface area contributed by atoms with Gasteiger partial charge in [-0.3, -0.25) is 4.90 Å². The van der Waals surface area contributed by atoms with E-state index in [9.17, 15) is 13.2 Å². The van der Waals surface area contributed by atoms with Gasteiger partial charge in [-0.1, -0.05) is 18.2 Å². The number of nitrogens with zero attached hydrogens (tertiary/aromatic N) is 3. The Morgan fingerprint density at radius 3 is 2.50 bits per heavy atom. The smallest absolute Gasteiger partial charge is 0.361 e. The van der Waals surface area contributed by atoms with Crippen molar-refractivity contribution in [2.45, 2.75) is 12.6 Å². The van der Waals surface area contributed by atoms with Gasteiger partial charge in [0.1, 0.15) is 5.82 Å². The second-order valence-electron chi connectivity index (χ2n) is 6.81. The van der Waals surface area contributed by atoms with Crippen LogP contribution in [0.3, 0.4) is 0 Å². The van der Waals surface area contributed by atoms with Crippen molar-refractivity contribution in [3.05, 3.63) is 59.9 Å². The highest BCUT2D eigenvalue weighted by molar-refractivity contribution is 5.85. The molecule has 1 saturated heterocycles. The quantitative estimate of drug-likeness (QED) is 0.693. The second kappa shape index (κ2) is 8.41. The summed E-state index contributed by atoms with van der Waals surface area (Å²) in [5.74, 6) is 0.0429. The van der Waals surface area contributed by atoms with Crippen molar-refractivity contribution in [2.24, 2.45) is 0 Å². The lowest BCUT2D eigenvalue weighted by molar-refractivity contribution is -0.137. The summed E-state index contributed by atoms with van der Waals surface area (Å²) in [6.45, 7) is 3.46. The largest absolute Gasteiger partial charge is 0.419 e. The first-order chi connectivity index (χ1) is 13.0. The lowest BCUT2D eigenvalue weighted by Gasteiger charge is -2.36. The number of rotatable bonds is 4. The standard InChI is InChI=1S/C20H21F3N4.ClH/c21-20(22,23)17-5-3-8-24-19(17)27-12-10-26(11-13-27)9-7-15-14-25-18-6-2-1-4-16(15)18;/h1-6,8,14,25H,7,9-13H2;1H. The van der Waals surface area contributed by atoms with E-state index < -0.39 is 11.7 Å². The number of para-hydroxylation sites is 1. The van der Waals surface area contributed by atoms with Crippen LogP contribution in [0.2, 0.25) is 0 Å². The lowest BCUT2D eigenvalue weighted by Crippen LogP contribution is -2.47. The van der Waals surface area contributed by atoms with Crippen molar-refractivity contribution >= 4 is 29.1 Å². The molecule has 0 spiro atoms. The highest BCUT2D eigenvalue weighted by Crippen LogP contribution is 2.35. The summed E-state index contributed by atoms with van der Waals surface area (Å²) in [5, 5.41) is 1.24. The molecular formula is C20H22ClF3N4. The van der Waals surface area contributed by atoms with Crippen LogP contribution in [-0.2, 0) is 12.6 Å². The summed E-state index contributed by atoms with van der Waals surface area (Å²) in [4.78, 5) is 11.3. The fraction of sp³-hybridized carbons (Fsp3) is 0.350. The Morgan fingerprint density at radius 2 is 1.75 bits per heavy atom. The van der Waals surface area contributed by atoms with E-state index in [2.05, 4.69) is 27.0 Å². The minimum absolute atomic E-state index is 0. The van der Waals surface area contributed by atoms with Crippen molar-refractivity contribution in [3.8, 4) is 0 Å². The maximum atomic E-state index is 13.2. The fourth-order valence-electron chi connectivity index (χ4n) is 3.67. The number of alkyl halides is 3. The number of anilines is 1. The molecule has 0 aliphatic carbocycles. The minimum atomic E-state index is -4.38. The highest BCUT2D eigenvalue weighted by atomic mass is 35.5. The summed E-state index contributed by atoms with van der Waals surface area (Å²) in [6, 6.07) is 10.6. The fourth-order valence-corrected chi connectivity index (χ4v) is 3.67. The molecule has 1 aliphatic rings. The molecule has 1 aliphatic heterocycles. The number of aromatic nitrogens is 2. The van der Waals surface area contributed by atoms with Gasteiger partial charge in [-0.2, -0.15) is 13.2 Å². The molecule has 8 heteroatoms. The first-order valence-electron chi connectivity index (χ1n) is 9.07. The number of H-pyrrole nitrogens is 1. The number of fused-ring (bicyclic) bond motifs is 1. The third kappa shape index (κ3) is 4.25. The molecule has 3 aromatic rings. The molecule has 1 aromatic carbocycles. The van der Waals surface area contributed by atoms with Gasteiger partial charge >= 0.3 is 6.18 Å². The van der Waals surface area contributed by atoms with Gasteiger partial charge in [0.15, 0.2) is 0 Å². The number of halogens is 4. The monoisotopic (exact) mass is 410 g/mol. The molecule has 0 bridgehead atoms. The van der Waals surface area contributed by atoms with Crippen molar-refractivity contribution in [2.75, 3.05) is 37.6 Å². The first kappa shape index (κ1) is 20.5. The number of hydrogen-bond donors (Lipinski definition) is 1. The Morgan fingerprint density at radius 1 is 1.00 bits per heavy atom. The Hall–Kier alpha value is -2.25. The molecule has 150 valence electrons. The van der Waals surface area contributed by atoms with E-state index in [0.29, 0.717) is 13.1 Å². The average molecular weight is 411 g/mol. The number of benzene rings is 1. The summed E-state index contributed by atoms with van der Waals surface area (Å²) in [6.07, 6.45) is 0.00976. The van der Waals surface area contributed by atoms with E-state index in [1.807, 2.05) is 18.3 Å². The van der Waals surface area contributed by atoms with Crippen LogP contribution in [-0.4, -0.2) is 47.6 Å². The first-order valence-corrected chi connectivity index (χ1v) is 9.07. The molecule has 28 heavy (non-hydrogen) atoms. The molecule has 0 amide bonds. The number of aromatic amines is 1. The molecule has 4 nitrogen and oxygen atoms in total. The second-order valence-corrected chi connectivity index (χ2v) is 6.81. The van der Waals surface area contributed by atoms with Gasteiger partial charge in [0, 0.05) is 56.0 Å². The predicted octanol–water partition coefficient (Wildman–Crippen LogP) is 4.37. The third-order valence-corrected chi connectivity index (χ3v) is 5.14. The zero-order chi connectivity index (χ0) is 18.9. The Balaban J connectivity index is 0.00000225. The molecule has 1 N–H and O–H groups in total. The Bertz CT molecular complexity index is 917. The van der Waals surface area contributed by atoms with E-state index in [1.165, 1.54) is 23.2 Å². The molecule has 1 fully saturated rings. The van der Waals surface area contributed by atoms with Crippen LogP contribution in [0.15, 0.2) is 48.8 Å². The predicted molar refractivity (Wildman–Crippen MR) is 107 cm³/mol. The molecule has 0 saturated carbocycles. The highest BCUT2D eigenvalue weighted by Gasteiger charge is 2.36. The molecule has 0 radical (unpaired) electrons. The Kier molecular flexibility index (Phi) is 6.15. The SMILES string of the molecule is Cl.FC(F)(F)c1cccnc1N1CCN(CCc2c[nH]c3ccccc23)CC1. The van der Waals surface area contributed by atoms with E-state index in [0.717, 1.165) is 37.6 Å². The van der Waals surface area contributed by atoms with Gasteiger partial charge in [0.25, 0.3) is 0 Å². The minimum Gasteiger partial charge on any atom is -0.361 e. The van der Waals surface area contributed by atoms with Gasteiger partial charge < -0.3 is 9.88 Å². The van der Waals surface area contributed by atoms with Crippen molar-refractivity contribution in [3.63, 3.8) is 0 Å². The van der Waals surface area contributed by atoms with Crippen molar-refractivity contribution in [1.29, 1.82) is 0 Å². The van der Waals surface area contributed by atoms with Gasteiger partial charge in [-0.15, -0.1) is 12.4 Å². The molecular weight excluding hydrogens is 389 g/mol. The van der Waals surface area contributed by atoms with Gasteiger partial charge in [0.2, 0.25) is 0 Å². The van der Waals surface area contributed by atoms with Crippen LogP contribution in [0, 0.1) is 0 Å². The van der Waals surface area contributed by atoms with Crippen LogP contribution in [0.4, 0.5) is 19.0 Å². The molecule has 0 atom stereocenters. The molecule has 3 heterocycles. The lowest BCUT2D eigenvalue weighted by atomic mass is 10.1. The zero-order valence-electron chi connectivity index (χ0n) is 15.2. The number of nitrogens with one attached hydrogen (secondary N) is 1. The topological polar surface area (TPSA) is 35.2 Å². The van der Waals surface area contributed by atoms with Crippen molar-refractivity contribution in [1.82, 2.24) is 14.9 Å². The van der Waals surface area contributed by atoms with E-state index in [1.54, 1.807) is 4.90 Å². The van der Waals surface area contributed by atoms with Crippen LogP contribution in [0.1, 0.15) is 11.1 Å². The van der Waals surface area contributed by atoms with E-state index >= 15 is 0 Å². The maximum absolute atomic E-state index is 13.2. The van der Waals surface area contributed by atoms with Crippen LogP contribution in [0.5, 0.6) is 0 Å². The molecule has 2 aromatic heterocycles. The molecule has 4 rings (SSSR count). The third-order valence-electron chi connectivity index (χ3n) is 5.14. The maximum Gasteiger partial charge on any atom is 0.419 e. The zero-order valence-corrected chi connectivity index (χ0v) is 16.1. The summed E-state index contributed by atoms with van der Waals surface area (Å²) in [7, 11) is 0. The number of piperazine rings is 1. The van der Waals surface area contributed by atoms with Gasteiger partial charge in [0.05, 0.1) is 5.56 Å². The van der Waals surface area contributed by atoms with Crippen molar-refractivity contribution < 1.29 is 13.2 Å². The summed E-state index contributed by atoms with van der Waals surface area (Å²) in [5.41, 5.74) is 1.75. The van der Waals surface area contributed by atoms with E-state index in [-0.39, 0.29) is 18.2 Å².